The minimum absolute atomic E-state index is 0.122. The van der Waals surface area contributed by atoms with Gasteiger partial charge in [-0.15, -0.1) is 0 Å². The van der Waals surface area contributed by atoms with Crippen LogP contribution in [0.15, 0.2) is 18.2 Å². The largest absolute Gasteiger partial charge is 0.313 e. The number of hydrogen-bond donors (Lipinski definition) is 1. The van der Waals surface area contributed by atoms with E-state index in [-0.39, 0.29) is 5.82 Å². The van der Waals surface area contributed by atoms with E-state index in [1.165, 1.54) is 37.7 Å². The first-order valence-corrected chi connectivity index (χ1v) is 7.59. The molecule has 1 N–H and O–H groups in total. The van der Waals surface area contributed by atoms with E-state index in [0.717, 1.165) is 11.5 Å². The lowest BCUT2D eigenvalue weighted by Crippen LogP contribution is -2.29. The summed E-state index contributed by atoms with van der Waals surface area (Å²) < 4.78 is 13.5. The van der Waals surface area contributed by atoms with Gasteiger partial charge in [0.05, 0.1) is 0 Å². The summed E-state index contributed by atoms with van der Waals surface area (Å²) in [5.74, 6) is 1.43. The zero-order valence-electron chi connectivity index (χ0n) is 12.4. The number of hydrogen-bond acceptors (Lipinski definition) is 1. The van der Waals surface area contributed by atoms with Crippen molar-refractivity contribution in [3.8, 4) is 0 Å². The van der Waals surface area contributed by atoms with Crippen LogP contribution >= 0.6 is 0 Å². The minimum Gasteiger partial charge on any atom is -0.313 e. The van der Waals surface area contributed by atoms with Gasteiger partial charge in [0.2, 0.25) is 0 Å². The highest BCUT2D eigenvalue weighted by Gasteiger charge is 2.28. The third kappa shape index (κ3) is 3.36. The lowest BCUT2D eigenvalue weighted by atomic mass is 9.75. The van der Waals surface area contributed by atoms with Gasteiger partial charge in [-0.25, -0.2) is 4.39 Å². The van der Waals surface area contributed by atoms with Gasteiger partial charge in [-0.1, -0.05) is 32.3 Å². The van der Waals surface area contributed by atoms with E-state index in [2.05, 4.69) is 19.2 Å². The molecule has 1 aliphatic rings. The topological polar surface area (TPSA) is 12.0 Å². The fraction of sp³-hybridized carbons (Fsp3) is 0.647. The molecule has 0 amide bonds. The lowest BCUT2D eigenvalue weighted by molar-refractivity contribution is 0.223. The summed E-state index contributed by atoms with van der Waals surface area (Å²) in [4.78, 5) is 0. The first-order valence-electron chi connectivity index (χ1n) is 7.59. The molecule has 1 unspecified atom stereocenters. The Bertz CT molecular complexity index is 408. The van der Waals surface area contributed by atoms with E-state index in [0.29, 0.717) is 12.0 Å². The number of nitrogens with one attached hydrogen (secondary N) is 1. The van der Waals surface area contributed by atoms with Gasteiger partial charge in [0, 0.05) is 6.04 Å². The molecule has 0 spiro atoms. The highest BCUT2D eigenvalue weighted by atomic mass is 19.1. The monoisotopic (exact) mass is 263 g/mol. The summed E-state index contributed by atoms with van der Waals surface area (Å²) in [5.41, 5.74) is 2.33. The zero-order chi connectivity index (χ0) is 13.8. The third-order valence-electron chi connectivity index (χ3n) is 4.83. The summed E-state index contributed by atoms with van der Waals surface area (Å²) >= 11 is 0. The van der Waals surface area contributed by atoms with Gasteiger partial charge in [-0.05, 0) is 61.9 Å². The molecule has 106 valence electrons. The van der Waals surface area contributed by atoms with Gasteiger partial charge >= 0.3 is 0 Å². The summed E-state index contributed by atoms with van der Waals surface area (Å²) in [5, 5.41) is 3.42. The summed E-state index contributed by atoms with van der Waals surface area (Å²) in [6.45, 7) is 4.37. The predicted octanol–water partition coefficient (Wildman–Crippen LogP) is 4.61. The SMILES string of the molecule is CCC1CCC(C(NC)c2cc(F)ccc2C)CC1. The quantitative estimate of drug-likeness (QED) is 0.836. The van der Waals surface area contributed by atoms with Gasteiger partial charge in [0.1, 0.15) is 5.82 Å². The Hall–Kier alpha value is -0.890. The van der Waals surface area contributed by atoms with Crippen LogP contribution in [0, 0.1) is 24.6 Å². The number of aryl methyl sites for hydroxylation is 1. The Labute approximate surface area is 116 Å². The van der Waals surface area contributed by atoms with Crippen LogP contribution in [0.3, 0.4) is 0 Å². The van der Waals surface area contributed by atoms with Crippen molar-refractivity contribution in [3.05, 3.63) is 35.1 Å². The standard InChI is InChI=1S/C17H26FN/c1-4-13-6-8-14(9-7-13)17(19-3)16-11-15(18)10-5-12(16)2/h5,10-11,13-14,17,19H,4,6-9H2,1-3H3. The normalized spacial score (nSPS) is 25.3. The van der Waals surface area contributed by atoms with E-state index < -0.39 is 0 Å². The molecule has 0 saturated heterocycles. The second-order valence-electron chi connectivity index (χ2n) is 5.96. The van der Waals surface area contributed by atoms with Crippen LogP contribution in [0.2, 0.25) is 0 Å². The van der Waals surface area contributed by atoms with Crippen LogP contribution in [0.5, 0.6) is 0 Å². The molecule has 1 nitrogen and oxygen atoms in total. The van der Waals surface area contributed by atoms with Crippen molar-refractivity contribution in [1.29, 1.82) is 0 Å². The zero-order valence-corrected chi connectivity index (χ0v) is 12.4. The van der Waals surface area contributed by atoms with E-state index in [4.69, 9.17) is 0 Å². The van der Waals surface area contributed by atoms with Crippen LogP contribution in [0.4, 0.5) is 4.39 Å². The maximum Gasteiger partial charge on any atom is 0.123 e. The van der Waals surface area contributed by atoms with E-state index in [1.807, 2.05) is 13.1 Å². The van der Waals surface area contributed by atoms with Crippen LogP contribution < -0.4 is 5.32 Å². The predicted molar refractivity (Wildman–Crippen MR) is 78.7 cm³/mol. The van der Waals surface area contributed by atoms with E-state index in [1.54, 1.807) is 12.1 Å². The maximum absolute atomic E-state index is 13.5. The molecule has 1 fully saturated rings. The van der Waals surface area contributed by atoms with Gasteiger partial charge < -0.3 is 5.32 Å². The molecule has 2 heteroatoms. The molecule has 0 aliphatic heterocycles. The fourth-order valence-electron chi connectivity index (χ4n) is 3.52. The maximum atomic E-state index is 13.5. The lowest BCUT2D eigenvalue weighted by Gasteiger charge is -2.34. The van der Waals surface area contributed by atoms with E-state index >= 15 is 0 Å². The molecule has 2 rings (SSSR count). The average molecular weight is 263 g/mol. The number of halogens is 1. The van der Waals surface area contributed by atoms with Crippen molar-refractivity contribution in [3.63, 3.8) is 0 Å². The third-order valence-corrected chi connectivity index (χ3v) is 4.83. The fourth-order valence-corrected chi connectivity index (χ4v) is 3.52. The molecule has 0 bridgehead atoms. The van der Waals surface area contributed by atoms with Gasteiger partial charge in [0.25, 0.3) is 0 Å². The Morgan fingerprint density at radius 2 is 1.95 bits per heavy atom. The van der Waals surface area contributed by atoms with Crippen molar-refractivity contribution >= 4 is 0 Å². The van der Waals surface area contributed by atoms with Crippen LogP contribution in [-0.2, 0) is 0 Å². The van der Waals surface area contributed by atoms with Crippen LogP contribution in [0.1, 0.15) is 56.2 Å². The van der Waals surface area contributed by atoms with Crippen LogP contribution in [0.25, 0.3) is 0 Å². The Kier molecular flexibility index (Phi) is 4.98. The molecule has 1 aliphatic carbocycles. The van der Waals surface area contributed by atoms with Crippen LogP contribution in [-0.4, -0.2) is 7.05 Å². The molecule has 1 atom stereocenters. The average Bonchev–Trinajstić information content (AvgIpc) is 2.44. The van der Waals surface area contributed by atoms with Gasteiger partial charge in [-0.2, -0.15) is 0 Å². The highest BCUT2D eigenvalue weighted by Crippen LogP contribution is 2.38. The number of benzene rings is 1. The van der Waals surface area contributed by atoms with Crippen molar-refractivity contribution in [1.82, 2.24) is 5.32 Å². The summed E-state index contributed by atoms with van der Waals surface area (Å²) in [6, 6.07) is 5.46. The molecule has 1 aromatic carbocycles. The number of rotatable bonds is 4. The Balaban J connectivity index is 2.14. The second-order valence-corrected chi connectivity index (χ2v) is 5.96. The Morgan fingerprint density at radius 1 is 1.26 bits per heavy atom. The molecule has 0 heterocycles. The highest BCUT2D eigenvalue weighted by molar-refractivity contribution is 5.30. The molecule has 1 aromatic rings. The molecular formula is C17H26FN. The molecule has 19 heavy (non-hydrogen) atoms. The van der Waals surface area contributed by atoms with Gasteiger partial charge in [-0.3, -0.25) is 0 Å². The second kappa shape index (κ2) is 6.51. The van der Waals surface area contributed by atoms with Crippen molar-refractivity contribution < 1.29 is 4.39 Å². The van der Waals surface area contributed by atoms with Crippen molar-refractivity contribution in [2.45, 2.75) is 52.0 Å². The molecule has 0 aromatic heterocycles. The summed E-state index contributed by atoms with van der Waals surface area (Å²) in [7, 11) is 2.00. The van der Waals surface area contributed by atoms with Crippen molar-refractivity contribution in [2.75, 3.05) is 7.05 Å². The summed E-state index contributed by atoms with van der Waals surface area (Å²) in [6.07, 6.45) is 6.48. The molecule has 0 radical (unpaired) electrons. The molecule has 1 saturated carbocycles. The first-order chi connectivity index (χ1) is 9.15. The molecular weight excluding hydrogens is 237 g/mol. The smallest absolute Gasteiger partial charge is 0.123 e. The minimum atomic E-state index is -0.122. The van der Waals surface area contributed by atoms with Gasteiger partial charge in [0.15, 0.2) is 0 Å². The van der Waals surface area contributed by atoms with Crippen molar-refractivity contribution in [2.24, 2.45) is 11.8 Å². The first kappa shape index (κ1) is 14.5. The van der Waals surface area contributed by atoms with E-state index in [9.17, 15) is 4.39 Å². The Morgan fingerprint density at radius 3 is 2.53 bits per heavy atom.